The number of carbonyl (C=O) groups is 1. The topological polar surface area (TPSA) is 64.5 Å². The van der Waals surface area contributed by atoms with Gasteiger partial charge in [-0.3, -0.25) is 4.79 Å². The van der Waals surface area contributed by atoms with Gasteiger partial charge in [-0.25, -0.2) is 9.97 Å². The van der Waals surface area contributed by atoms with Gasteiger partial charge in [0.05, 0.1) is 11.0 Å². The fourth-order valence-corrected chi connectivity index (χ4v) is 2.87. The van der Waals surface area contributed by atoms with Crippen molar-refractivity contribution in [1.29, 1.82) is 0 Å². The number of hydrogen-bond acceptors (Lipinski definition) is 5. The zero-order chi connectivity index (χ0) is 17.6. The molecule has 0 aliphatic carbocycles. The van der Waals surface area contributed by atoms with Crippen LogP contribution in [0.2, 0.25) is 5.02 Å². The van der Waals surface area contributed by atoms with Gasteiger partial charge in [-0.05, 0) is 53.0 Å². The average Bonchev–Trinajstić information content (AvgIpc) is 2.63. The molecule has 1 saturated heterocycles. The Morgan fingerprint density at radius 2 is 2.00 bits per heavy atom. The Bertz CT molecular complexity index is 712. The van der Waals surface area contributed by atoms with Crippen molar-refractivity contribution in [2.75, 3.05) is 19.7 Å². The largest absolute Gasteiger partial charge is 0.484 e. The number of carbonyl (C=O) groups excluding carboxylic acids is 1. The van der Waals surface area contributed by atoms with Gasteiger partial charge in [0, 0.05) is 24.0 Å². The summed E-state index contributed by atoms with van der Waals surface area (Å²) >= 11 is 9.11. The monoisotopic (exact) mass is 425 g/mol. The van der Waals surface area contributed by atoms with Gasteiger partial charge >= 0.3 is 6.01 Å². The molecule has 3 rings (SSSR count). The number of nitrogens with zero attached hydrogens (tertiary/aromatic N) is 3. The van der Waals surface area contributed by atoms with Crippen LogP contribution in [0.25, 0.3) is 0 Å². The van der Waals surface area contributed by atoms with Crippen molar-refractivity contribution >= 4 is 33.4 Å². The van der Waals surface area contributed by atoms with E-state index in [2.05, 4.69) is 25.9 Å². The van der Waals surface area contributed by atoms with Crippen LogP contribution in [0.5, 0.6) is 11.8 Å². The molecule has 1 aliphatic heterocycles. The Morgan fingerprint density at radius 1 is 1.28 bits per heavy atom. The third-order valence-electron chi connectivity index (χ3n) is 3.78. The maximum Gasteiger partial charge on any atom is 0.316 e. The zero-order valence-electron chi connectivity index (χ0n) is 13.4. The summed E-state index contributed by atoms with van der Waals surface area (Å²) in [5.74, 6) is 0.547. The SMILES string of the molecule is O=C(COc1ccc(Cl)cc1)N1CCCC(Oc2ncc(Br)cn2)C1. The minimum absolute atomic E-state index is 0.0108. The Hall–Kier alpha value is -1.86. The molecular formula is C17H17BrClN3O3. The van der Waals surface area contributed by atoms with Crippen molar-refractivity contribution in [3.05, 3.63) is 46.2 Å². The van der Waals surface area contributed by atoms with Crippen LogP contribution in [0.1, 0.15) is 12.8 Å². The first-order valence-electron chi connectivity index (χ1n) is 7.90. The van der Waals surface area contributed by atoms with Crippen molar-refractivity contribution in [3.8, 4) is 11.8 Å². The fourth-order valence-electron chi connectivity index (χ4n) is 2.54. The van der Waals surface area contributed by atoms with Crippen LogP contribution in [0.3, 0.4) is 0 Å². The maximum atomic E-state index is 12.4. The molecule has 1 fully saturated rings. The third kappa shape index (κ3) is 5.31. The highest BCUT2D eigenvalue weighted by Gasteiger charge is 2.25. The first kappa shape index (κ1) is 17.9. The minimum Gasteiger partial charge on any atom is -0.484 e. The molecule has 0 bridgehead atoms. The van der Waals surface area contributed by atoms with E-state index in [1.54, 1.807) is 41.6 Å². The van der Waals surface area contributed by atoms with Crippen molar-refractivity contribution in [2.45, 2.75) is 18.9 Å². The zero-order valence-corrected chi connectivity index (χ0v) is 15.7. The van der Waals surface area contributed by atoms with Gasteiger partial charge in [0.15, 0.2) is 6.61 Å². The Balaban J connectivity index is 1.50. The second-order valence-corrected chi connectivity index (χ2v) is 7.00. The smallest absolute Gasteiger partial charge is 0.316 e. The first-order valence-corrected chi connectivity index (χ1v) is 9.07. The molecule has 0 spiro atoms. The van der Waals surface area contributed by atoms with Gasteiger partial charge in [0.2, 0.25) is 0 Å². The molecule has 0 N–H and O–H groups in total. The summed E-state index contributed by atoms with van der Waals surface area (Å²) in [6, 6.07) is 7.25. The van der Waals surface area contributed by atoms with E-state index in [1.165, 1.54) is 0 Å². The number of benzene rings is 1. The van der Waals surface area contributed by atoms with E-state index in [-0.39, 0.29) is 18.6 Å². The maximum absolute atomic E-state index is 12.4. The Labute approximate surface area is 159 Å². The summed E-state index contributed by atoms with van der Waals surface area (Å²) < 4.78 is 12.1. The van der Waals surface area contributed by atoms with Crippen molar-refractivity contribution in [1.82, 2.24) is 14.9 Å². The predicted molar refractivity (Wildman–Crippen MR) is 96.9 cm³/mol. The highest BCUT2D eigenvalue weighted by molar-refractivity contribution is 9.10. The molecule has 0 radical (unpaired) electrons. The normalized spacial score (nSPS) is 17.2. The predicted octanol–water partition coefficient (Wildman–Crippen LogP) is 3.34. The van der Waals surface area contributed by atoms with Gasteiger partial charge in [0.25, 0.3) is 5.91 Å². The van der Waals surface area contributed by atoms with Crippen molar-refractivity contribution < 1.29 is 14.3 Å². The molecule has 1 aromatic carbocycles. The summed E-state index contributed by atoms with van der Waals surface area (Å²) in [4.78, 5) is 22.3. The molecule has 1 amide bonds. The lowest BCUT2D eigenvalue weighted by molar-refractivity contribution is -0.136. The van der Waals surface area contributed by atoms with E-state index in [0.29, 0.717) is 29.9 Å². The molecule has 2 aromatic rings. The average molecular weight is 427 g/mol. The van der Waals surface area contributed by atoms with Crippen LogP contribution in [-0.4, -0.2) is 46.6 Å². The third-order valence-corrected chi connectivity index (χ3v) is 4.44. The van der Waals surface area contributed by atoms with E-state index in [1.807, 2.05) is 0 Å². The highest BCUT2D eigenvalue weighted by Crippen LogP contribution is 2.18. The molecule has 0 saturated carbocycles. The quantitative estimate of drug-likeness (QED) is 0.734. The van der Waals surface area contributed by atoms with Gasteiger partial charge in [-0.15, -0.1) is 0 Å². The summed E-state index contributed by atoms with van der Waals surface area (Å²) in [5, 5.41) is 0.629. The molecule has 8 heteroatoms. The van der Waals surface area contributed by atoms with E-state index in [9.17, 15) is 4.79 Å². The molecular weight excluding hydrogens is 410 g/mol. The second kappa shape index (κ2) is 8.49. The minimum atomic E-state index is -0.116. The van der Waals surface area contributed by atoms with Crippen molar-refractivity contribution in [2.24, 2.45) is 0 Å². The van der Waals surface area contributed by atoms with E-state index in [0.717, 1.165) is 17.3 Å². The van der Waals surface area contributed by atoms with Crippen LogP contribution >= 0.6 is 27.5 Å². The number of likely N-dealkylation sites (tertiary alicyclic amines) is 1. The molecule has 6 nitrogen and oxygen atoms in total. The Morgan fingerprint density at radius 3 is 2.72 bits per heavy atom. The van der Waals surface area contributed by atoms with Gasteiger partial charge < -0.3 is 14.4 Å². The summed E-state index contributed by atoms with van der Waals surface area (Å²) in [5.41, 5.74) is 0. The summed E-state index contributed by atoms with van der Waals surface area (Å²) in [7, 11) is 0. The first-order chi connectivity index (χ1) is 12.1. The molecule has 1 atom stereocenters. The standard InChI is InChI=1S/C17H17BrClN3O3/c18-12-8-20-17(21-9-12)25-15-2-1-7-22(10-15)16(23)11-24-14-5-3-13(19)4-6-14/h3-6,8-9,15H,1-2,7,10-11H2. The van der Waals surface area contributed by atoms with Crippen molar-refractivity contribution in [3.63, 3.8) is 0 Å². The van der Waals surface area contributed by atoms with Gasteiger partial charge in [0.1, 0.15) is 11.9 Å². The number of ether oxygens (including phenoxy) is 2. The number of hydrogen-bond donors (Lipinski definition) is 0. The molecule has 2 heterocycles. The molecule has 1 unspecified atom stereocenters. The number of aromatic nitrogens is 2. The number of amides is 1. The molecule has 1 aromatic heterocycles. The lowest BCUT2D eigenvalue weighted by Gasteiger charge is -2.32. The lowest BCUT2D eigenvalue weighted by Crippen LogP contribution is -2.46. The van der Waals surface area contributed by atoms with E-state index < -0.39 is 0 Å². The lowest BCUT2D eigenvalue weighted by atomic mass is 10.1. The van der Waals surface area contributed by atoms with E-state index >= 15 is 0 Å². The molecule has 1 aliphatic rings. The number of halogens is 2. The number of piperidine rings is 1. The van der Waals surface area contributed by atoms with Crippen LogP contribution in [0.4, 0.5) is 0 Å². The van der Waals surface area contributed by atoms with Gasteiger partial charge in [-0.1, -0.05) is 11.6 Å². The molecule has 132 valence electrons. The fraction of sp³-hybridized carbons (Fsp3) is 0.353. The second-order valence-electron chi connectivity index (χ2n) is 5.65. The van der Waals surface area contributed by atoms with Crippen LogP contribution in [0.15, 0.2) is 41.1 Å². The van der Waals surface area contributed by atoms with Crippen LogP contribution < -0.4 is 9.47 Å². The summed E-state index contributed by atoms with van der Waals surface area (Å²) in [6.07, 6.45) is 4.88. The van der Waals surface area contributed by atoms with Crippen LogP contribution in [0, 0.1) is 0 Å². The summed E-state index contributed by atoms with van der Waals surface area (Å²) in [6.45, 7) is 1.19. The van der Waals surface area contributed by atoms with Crippen LogP contribution in [-0.2, 0) is 4.79 Å². The Kier molecular flexibility index (Phi) is 6.09. The number of rotatable bonds is 5. The molecule has 25 heavy (non-hydrogen) atoms. The van der Waals surface area contributed by atoms with E-state index in [4.69, 9.17) is 21.1 Å². The highest BCUT2D eigenvalue weighted by atomic mass is 79.9. The van der Waals surface area contributed by atoms with Gasteiger partial charge in [-0.2, -0.15) is 0 Å².